The number of hydrogen-bond acceptors (Lipinski definition) is 1. The zero-order chi connectivity index (χ0) is 22.7. The molecule has 0 unspecified atom stereocenters. The predicted octanol–water partition coefficient (Wildman–Crippen LogP) is 8.38. The molecule has 174 valence electrons. The topological polar surface area (TPSA) is 17.1 Å². The van der Waals surface area contributed by atoms with Crippen LogP contribution in [0.4, 0.5) is 0 Å². The van der Waals surface area contributed by atoms with Crippen LogP contribution in [0.1, 0.15) is 120 Å². The van der Waals surface area contributed by atoms with Crippen molar-refractivity contribution < 1.29 is 4.79 Å². The molecule has 0 amide bonds. The first-order valence-corrected chi connectivity index (χ1v) is 13.5. The van der Waals surface area contributed by atoms with Gasteiger partial charge in [-0.3, -0.25) is 4.79 Å². The summed E-state index contributed by atoms with van der Waals surface area (Å²) >= 11 is 0. The first-order chi connectivity index (χ1) is 14.2. The first-order valence-electron chi connectivity index (χ1n) is 13.5. The molecule has 4 saturated carbocycles. The number of hydrogen-bond donors (Lipinski definition) is 0. The minimum Gasteiger partial charge on any atom is -0.294 e. The van der Waals surface area contributed by atoms with E-state index >= 15 is 0 Å². The van der Waals surface area contributed by atoms with Crippen molar-refractivity contribution in [3.05, 3.63) is 11.6 Å². The first kappa shape index (κ1) is 22.2. The molecule has 0 aromatic carbocycles. The van der Waals surface area contributed by atoms with E-state index in [0.29, 0.717) is 27.9 Å². The Morgan fingerprint density at radius 2 is 1.29 bits per heavy atom. The van der Waals surface area contributed by atoms with E-state index in [9.17, 15) is 4.79 Å². The summed E-state index contributed by atoms with van der Waals surface area (Å²) in [6.07, 6.45) is 15.2. The maximum absolute atomic E-state index is 13.8. The number of carbonyl (C=O) groups excluding carboxylic acids is 1. The Morgan fingerprint density at radius 1 is 0.677 bits per heavy atom. The van der Waals surface area contributed by atoms with Gasteiger partial charge in [0.25, 0.3) is 0 Å². The number of rotatable bonds is 0. The zero-order valence-electron chi connectivity index (χ0n) is 21.8. The maximum atomic E-state index is 13.8. The maximum Gasteiger partial charge on any atom is 0.161 e. The van der Waals surface area contributed by atoms with E-state index in [4.69, 9.17) is 0 Å². The lowest BCUT2D eigenvalue weighted by Crippen LogP contribution is -2.62. The molecular weight excluding hydrogens is 376 g/mol. The van der Waals surface area contributed by atoms with Crippen molar-refractivity contribution in [1.82, 2.24) is 0 Å². The molecular formula is C30H48O. The largest absolute Gasteiger partial charge is 0.294 e. The number of ketones is 1. The summed E-state index contributed by atoms with van der Waals surface area (Å²) in [5.74, 6) is 2.57. The summed E-state index contributed by atoms with van der Waals surface area (Å²) in [6, 6.07) is 0. The van der Waals surface area contributed by atoms with Crippen molar-refractivity contribution >= 4 is 5.78 Å². The van der Waals surface area contributed by atoms with E-state index in [2.05, 4.69) is 61.5 Å². The summed E-state index contributed by atoms with van der Waals surface area (Å²) in [5, 5.41) is 0. The van der Waals surface area contributed by atoms with E-state index in [0.717, 1.165) is 18.3 Å². The van der Waals surface area contributed by atoms with Crippen LogP contribution in [-0.4, -0.2) is 5.78 Å². The van der Waals surface area contributed by atoms with Gasteiger partial charge in [0.1, 0.15) is 0 Å². The fourth-order valence-corrected chi connectivity index (χ4v) is 10.7. The summed E-state index contributed by atoms with van der Waals surface area (Å²) in [6.45, 7) is 20.1. The lowest BCUT2D eigenvalue weighted by molar-refractivity contribution is -0.162. The monoisotopic (exact) mass is 424 g/mol. The van der Waals surface area contributed by atoms with Crippen LogP contribution in [-0.2, 0) is 4.79 Å². The van der Waals surface area contributed by atoms with E-state index < -0.39 is 0 Å². The second-order valence-corrected chi connectivity index (χ2v) is 15.1. The summed E-state index contributed by atoms with van der Waals surface area (Å²) in [7, 11) is 0. The van der Waals surface area contributed by atoms with E-state index in [-0.39, 0.29) is 16.2 Å². The lowest BCUT2D eigenvalue weighted by atomic mass is 9.35. The van der Waals surface area contributed by atoms with Crippen LogP contribution in [0, 0.1) is 50.2 Å². The van der Waals surface area contributed by atoms with Gasteiger partial charge in [0, 0.05) is 5.41 Å². The molecule has 0 heterocycles. The number of fused-ring (bicyclic) bond motifs is 7. The molecule has 0 saturated heterocycles. The van der Waals surface area contributed by atoms with Gasteiger partial charge in [-0.1, -0.05) is 67.4 Å². The molecule has 1 nitrogen and oxygen atoms in total. The molecule has 0 bridgehead atoms. The molecule has 0 aliphatic heterocycles. The minimum atomic E-state index is -0.134. The molecule has 5 rings (SSSR count). The van der Waals surface area contributed by atoms with Crippen molar-refractivity contribution in [2.75, 3.05) is 0 Å². The van der Waals surface area contributed by atoms with E-state index in [1.807, 2.05) is 0 Å². The fourth-order valence-electron chi connectivity index (χ4n) is 10.7. The van der Waals surface area contributed by atoms with Crippen LogP contribution in [0.15, 0.2) is 11.6 Å². The van der Waals surface area contributed by atoms with Gasteiger partial charge in [0.05, 0.1) is 0 Å². The number of carbonyl (C=O) groups is 1. The molecule has 4 fully saturated rings. The van der Waals surface area contributed by atoms with Gasteiger partial charge >= 0.3 is 0 Å². The molecule has 5 aliphatic carbocycles. The third-order valence-electron chi connectivity index (χ3n) is 12.4. The van der Waals surface area contributed by atoms with Crippen LogP contribution in [0.25, 0.3) is 0 Å². The molecule has 7 atom stereocenters. The Hall–Kier alpha value is -0.590. The second kappa shape index (κ2) is 6.29. The highest BCUT2D eigenvalue weighted by atomic mass is 16.1. The lowest BCUT2D eigenvalue weighted by Gasteiger charge is -2.69. The smallest absolute Gasteiger partial charge is 0.161 e. The fraction of sp³-hybridized carbons (Fsp3) is 0.900. The standard InChI is InChI=1S/C30H48O/c1-25(2)16-17-30(8)23(19-25)29(7)15-11-21-27(5)13-9-12-26(3,4)20(27)10-14-28(21,6)22(29)18-24(30)31/h18,20-21,23H,9-17,19H2,1-8H3/t20-,21+,23-,27-,28+,29+,30-/m0/s1. The van der Waals surface area contributed by atoms with Crippen LogP contribution in [0.5, 0.6) is 0 Å². The number of allylic oxidation sites excluding steroid dienone is 2. The van der Waals surface area contributed by atoms with Crippen molar-refractivity contribution in [3.8, 4) is 0 Å². The molecule has 0 radical (unpaired) electrons. The van der Waals surface area contributed by atoms with Crippen molar-refractivity contribution in [2.24, 2.45) is 50.2 Å². The highest BCUT2D eigenvalue weighted by Gasteiger charge is 2.67. The van der Waals surface area contributed by atoms with Gasteiger partial charge < -0.3 is 0 Å². The Bertz CT molecular complexity index is 831. The molecule has 0 aromatic rings. The predicted molar refractivity (Wildman–Crippen MR) is 130 cm³/mol. The molecule has 0 spiro atoms. The summed E-state index contributed by atoms with van der Waals surface area (Å²) < 4.78 is 0. The van der Waals surface area contributed by atoms with Gasteiger partial charge in [-0.05, 0) is 109 Å². The average Bonchev–Trinajstić information content (AvgIpc) is 2.64. The van der Waals surface area contributed by atoms with Crippen LogP contribution < -0.4 is 0 Å². The molecule has 0 aromatic heterocycles. The van der Waals surface area contributed by atoms with Crippen LogP contribution in [0.2, 0.25) is 0 Å². The third kappa shape index (κ3) is 2.76. The normalized spacial score (nSPS) is 52.8. The highest BCUT2D eigenvalue weighted by Crippen LogP contribution is 2.74. The Morgan fingerprint density at radius 3 is 1.97 bits per heavy atom. The Balaban J connectivity index is 1.61. The average molecular weight is 425 g/mol. The van der Waals surface area contributed by atoms with Gasteiger partial charge in [-0.2, -0.15) is 0 Å². The summed E-state index contributed by atoms with van der Waals surface area (Å²) in [4.78, 5) is 13.8. The second-order valence-electron chi connectivity index (χ2n) is 15.1. The van der Waals surface area contributed by atoms with Gasteiger partial charge in [0.15, 0.2) is 5.78 Å². The SMILES string of the molecule is CC1(C)CC[C@]2(C)C(=O)C=C3[C@]4(C)CC[C@H]5C(C)(C)CCC[C@]5(C)[C@H]4CC[C@@]3(C)[C@@H]2C1. The molecule has 31 heavy (non-hydrogen) atoms. The van der Waals surface area contributed by atoms with E-state index in [1.54, 1.807) is 5.57 Å². The van der Waals surface area contributed by atoms with Crippen LogP contribution in [0.3, 0.4) is 0 Å². The highest BCUT2D eigenvalue weighted by molar-refractivity contribution is 5.97. The van der Waals surface area contributed by atoms with Crippen molar-refractivity contribution in [2.45, 2.75) is 120 Å². The van der Waals surface area contributed by atoms with Gasteiger partial charge in [0.2, 0.25) is 0 Å². The Kier molecular flexibility index (Phi) is 4.51. The van der Waals surface area contributed by atoms with Crippen LogP contribution >= 0.6 is 0 Å². The van der Waals surface area contributed by atoms with Crippen molar-refractivity contribution in [1.29, 1.82) is 0 Å². The molecule has 0 N–H and O–H groups in total. The minimum absolute atomic E-state index is 0.134. The quantitative estimate of drug-likeness (QED) is 0.381. The van der Waals surface area contributed by atoms with Crippen molar-refractivity contribution in [3.63, 3.8) is 0 Å². The van der Waals surface area contributed by atoms with E-state index in [1.165, 1.54) is 57.8 Å². The summed E-state index contributed by atoms with van der Waals surface area (Å²) in [5.41, 5.74) is 3.15. The van der Waals surface area contributed by atoms with Gasteiger partial charge in [-0.25, -0.2) is 0 Å². The third-order valence-corrected chi connectivity index (χ3v) is 12.4. The zero-order valence-corrected chi connectivity index (χ0v) is 21.8. The molecule has 5 aliphatic rings. The Labute approximate surface area is 192 Å². The van der Waals surface area contributed by atoms with Gasteiger partial charge in [-0.15, -0.1) is 0 Å². The molecule has 1 heteroatoms.